The molecule has 11 heteroatoms. The number of ketones is 2. The highest BCUT2D eigenvalue weighted by atomic mass is 35.5. The van der Waals surface area contributed by atoms with Gasteiger partial charge in [-0.3, -0.25) is 14.7 Å². The van der Waals surface area contributed by atoms with Gasteiger partial charge in [-0.15, -0.1) is 0 Å². The third-order valence-electron chi connectivity index (χ3n) is 5.44. The van der Waals surface area contributed by atoms with Crippen LogP contribution in [0.4, 0.5) is 17.6 Å². The number of nitrogens with one attached hydrogen (secondary N) is 1. The molecule has 1 atom stereocenters. The van der Waals surface area contributed by atoms with Crippen LogP contribution in [0.2, 0.25) is 5.02 Å². The van der Waals surface area contributed by atoms with E-state index in [1.54, 1.807) is 0 Å². The number of carbonyl (C=O) groups excluding carboxylic acids is 2. The van der Waals surface area contributed by atoms with E-state index in [1.807, 2.05) is 0 Å². The topological polar surface area (TPSA) is 100 Å². The van der Waals surface area contributed by atoms with Crippen molar-refractivity contribution in [3.05, 3.63) is 75.2 Å². The van der Waals surface area contributed by atoms with Gasteiger partial charge in [0.05, 0.1) is 27.6 Å². The fourth-order valence-corrected chi connectivity index (χ4v) is 4.16. The lowest BCUT2D eigenvalue weighted by Gasteiger charge is -2.22. The molecule has 33 heavy (non-hydrogen) atoms. The Morgan fingerprint density at radius 1 is 1.18 bits per heavy atom. The number of aromatic carboxylic acids is 1. The van der Waals surface area contributed by atoms with Crippen molar-refractivity contribution in [3.8, 4) is 11.3 Å². The summed E-state index contributed by atoms with van der Waals surface area (Å²) in [5.74, 6) is -5.70. The Balaban J connectivity index is 1.77. The van der Waals surface area contributed by atoms with Gasteiger partial charge in [0.25, 0.3) is 0 Å². The molecule has 1 heterocycles. The van der Waals surface area contributed by atoms with Gasteiger partial charge in [0, 0.05) is 16.8 Å². The molecule has 0 fully saturated rings. The average Bonchev–Trinajstić information content (AvgIpc) is 3.17. The van der Waals surface area contributed by atoms with Crippen LogP contribution in [0.15, 0.2) is 36.4 Å². The molecule has 1 aliphatic carbocycles. The second-order valence-electron chi connectivity index (χ2n) is 7.41. The molecule has 1 aliphatic rings. The van der Waals surface area contributed by atoms with Crippen molar-refractivity contribution in [3.63, 3.8) is 0 Å². The van der Waals surface area contributed by atoms with Crippen LogP contribution in [-0.4, -0.2) is 32.8 Å². The number of fused-ring (bicyclic) bond motifs is 1. The number of halogens is 5. The molecule has 3 aromatic rings. The van der Waals surface area contributed by atoms with Crippen molar-refractivity contribution in [2.24, 2.45) is 5.92 Å². The molecule has 0 aliphatic heterocycles. The fraction of sp³-hybridized carbons (Fsp3) is 0.182. The second kappa shape index (κ2) is 8.11. The Morgan fingerprint density at radius 2 is 1.91 bits per heavy atom. The van der Waals surface area contributed by atoms with Crippen molar-refractivity contribution in [2.45, 2.75) is 19.0 Å². The molecule has 0 saturated heterocycles. The lowest BCUT2D eigenvalue weighted by Crippen LogP contribution is -2.31. The first-order chi connectivity index (χ1) is 15.5. The number of nitrogens with zero attached hydrogens (tertiary/aromatic N) is 1. The molecule has 170 valence electrons. The van der Waals surface area contributed by atoms with Gasteiger partial charge in [-0.1, -0.05) is 17.7 Å². The number of hydrogen-bond donors (Lipinski definition) is 2. The van der Waals surface area contributed by atoms with Crippen LogP contribution in [-0.2, 0) is 12.6 Å². The predicted molar refractivity (Wildman–Crippen MR) is 108 cm³/mol. The molecule has 0 spiro atoms. The molecule has 4 rings (SSSR count). The number of carboxylic acid groups (broad SMARTS) is 1. The summed E-state index contributed by atoms with van der Waals surface area (Å²) >= 11 is 5.92. The molecule has 2 aromatic carbocycles. The number of rotatable bonds is 4. The zero-order chi connectivity index (χ0) is 24.1. The first-order valence-electron chi connectivity index (χ1n) is 9.55. The van der Waals surface area contributed by atoms with Crippen LogP contribution in [0, 0.1) is 11.7 Å². The van der Waals surface area contributed by atoms with Crippen LogP contribution in [0.5, 0.6) is 0 Å². The number of Topliss-reactive ketones (excluding diaryl/α,β-unsaturated/α-hetero) is 2. The number of carbonyl (C=O) groups is 3. The lowest BCUT2D eigenvalue weighted by atomic mass is 9.79. The number of hydrogen-bond acceptors (Lipinski definition) is 4. The van der Waals surface area contributed by atoms with Gasteiger partial charge in [0.1, 0.15) is 11.5 Å². The Morgan fingerprint density at radius 3 is 2.55 bits per heavy atom. The lowest BCUT2D eigenvalue weighted by molar-refractivity contribution is -0.137. The number of aromatic amines is 1. The van der Waals surface area contributed by atoms with Crippen molar-refractivity contribution >= 4 is 29.1 Å². The molecule has 0 bridgehead atoms. The van der Waals surface area contributed by atoms with Crippen molar-refractivity contribution in [1.82, 2.24) is 10.2 Å². The van der Waals surface area contributed by atoms with E-state index in [4.69, 9.17) is 16.7 Å². The van der Waals surface area contributed by atoms with Crippen LogP contribution >= 0.6 is 11.6 Å². The summed E-state index contributed by atoms with van der Waals surface area (Å²) in [7, 11) is 0. The number of alkyl halides is 3. The van der Waals surface area contributed by atoms with E-state index in [1.165, 1.54) is 0 Å². The van der Waals surface area contributed by atoms with Crippen molar-refractivity contribution < 1.29 is 37.1 Å². The Bertz CT molecular complexity index is 1320. The van der Waals surface area contributed by atoms with E-state index in [2.05, 4.69) is 10.2 Å². The van der Waals surface area contributed by atoms with Gasteiger partial charge in [-0.05, 0) is 43.2 Å². The molecule has 2 N–H and O–H groups in total. The molecule has 1 unspecified atom stereocenters. The quantitative estimate of drug-likeness (QED) is 0.303. The largest absolute Gasteiger partial charge is 0.478 e. The summed E-state index contributed by atoms with van der Waals surface area (Å²) in [4.78, 5) is 37.4. The minimum atomic E-state index is -4.87. The summed E-state index contributed by atoms with van der Waals surface area (Å²) in [6.45, 7) is 0. The van der Waals surface area contributed by atoms with E-state index in [-0.39, 0.29) is 35.2 Å². The highest BCUT2D eigenvalue weighted by molar-refractivity contribution is 6.35. The van der Waals surface area contributed by atoms with E-state index < -0.39 is 51.6 Å². The van der Waals surface area contributed by atoms with Crippen molar-refractivity contribution in [2.75, 3.05) is 0 Å². The van der Waals surface area contributed by atoms with Crippen LogP contribution < -0.4 is 0 Å². The SMILES string of the molecule is O=C(O)c1ccc(-c2n[nH]c3c2C(=O)C(C(=O)c2c(Cl)cccc2C(F)(F)F)CC3)c(F)c1. The summed E-state index contributed by atoms with van der Waals surface area (Å²) in [6.07, 6.45) is -4.85. The predicted octanol–water partition coefficient (Wildman–Crippen LogP) is 5.21. The Labute approximate surface area is 188 Å². The first kappa shape index (κ1) is 22.7. The molecule has 0 saturated carbocycles. The Hall–Kier alpha value is -3.53. The monoisotopic (exact) mass is 480 g/mol. The zero-order valence-electron chi connectivity index (χ0n) is 16.5. The summed E-state index contributed by atoms with van der Waals surface area (Å²) in [5, 5.41) is 15.1. The number of aryl methyl sites for hydroxylation is 1. The van der Waals surface area contributed by atoms with E-state index in [9.17, 15) is 31.9 Å². The zero-order valence-corrected chi connectivity index (χ0v) is 17.2. The highest BCUT2D eigenvalue weighted by Gasteiger charge is 2.42. The van der Waals surface area contributed by atoms with Gasteiger partial charge in [-0.2, -0.15) is 18.3 Å². The van der Waals surface area contributed by atoms with Crippen molar-refractivity contribution in [1.29, 1.82) is 0 Å². The highest BCUT2D eigenvalue weighted by Crippen LogP contribution is 2.39. The minimum Gasteiger partial charge on any atom is -0.478 e. The number of H-pyrrole nitrogens is 1. The van der Waals surface area contributed by atoms with Gasteiger partial charge in [0.2, 0.25) is 0 Å². The minimum absolute atomic E-state index is 0.0880. The fourth-order valence-electron chi connectivity index (χ4n) is 3.89. The first-order valence-corrected chi connectivity index (χ1v) is 9.93. The smallest absolute Gasteiger partial charge is 0.417 e. The normalized spacial score (nSPS) is 15.9. The number of aromatic nitrogens is 2. The summed E-state index contributed by atoms with van der Waals surface area (Å²) in [5.41, 5.74) is -2.53. The molecule has 0 amide bonds. The molecule has 0 radical (unpaired) electrons. The summed E-state index contributed by atoms with van der Waals surface area (Å²) in [6, 6.07) is 5.90. The van der Waals surface area contributed by atoms with Crippen LogP contribution in [0.25, 0.3) is 11.3 Å². The number of carboxylic acids is 1. The second-order valence-corrected chi connectivity index (χ2v) is 7.81. The standard InChI is InChI=1S/C22H13ClF4N2O4/c23-13-3-1-2-12(22(25,26)27)16(13)19(30)11-6-7-15-17(20(11)31)18(29-28-15)10-5-4-9(21(32)33)8-14(10)24/h1-5,8,11H,6-7H2,(H,28,29)(H,32,33). The third-order valence-corrected chi connectivity index (χ3v) is 5.76. The van der Waals surface area contributed by atoms with E-state index in [0.29, 0.717) is 11.8 Å². The van der Waals surface area contributed by atoms with Gasteiger partial charge < -0.3 is 5.11 Å². The maximum Gasteiger partial charge on any atom is 0.417 e. The molecular formula is C22H13ClF4N2O4. The number of benzene rings is 2. The van der Waals surface area contributed by atoms with Crippen LogP contribution in [0.3, 0.4) is 0 Å². The van der Waals surface area contributed by atoms with E-state index >= 15 is 0 Å². The maximum atomic E-state index is 14.6. The Kier molecular flexibility index (Phi) is 5.57. The molecular weight excluding hydrogens is 468 g/mol. The van der Waals surface area contributed by atoms with Gasteiger partial charge in [-0.25, -0.2) is 9.18 Å². The van der Waals surface area contributed by atoms with Crippen LogP contribution in [0.1, 0.15) is 48.8 Å². The van der Waals surface area contributed by atoms with Gasteiger partial charge >= 0.3 is 12.1 Å². The third kappa shape index (κ3) is 3.91. The average molecular weight is 481 g/mol. The maximum absolute atomic E-state index is 14.6. The molecule has 6 nitrogen and oxygen atoms in total. The summed E-state index contributed by atoms with van der Waals surface area (Å²) < 4.78 is 55.0. The van der Waals surface area contributed by atoms with E-state index in [0.717, 1.165) is 30.3 Å². The van der Waals surface area contributed by atoms with Gasteiger partial charge in [0.15, 0.2) is 11.6 Å². The molecule has 1 aromatic heterocycles.